The number of benzene rings is 2. The van der Waals surface area contributed by atoms with Gasteiger partial charge in [-0.15, -0.1) is 0 Å². The predicted octanol–water partition coefficient (Wildman–Crippen LogP) is 3.60. The second kappa shape index (κ2) is 11.5. The van der Waals surface area contributed by atoms with Crippen LogP contribution in [-0.4, -0.2) is 38.5 Å². The summed E-state index contributed by atoms with van der Waals surface area (Å²) in [5.74, 6) is 1.40. The van der Waals surface area contributed by atoms with Crippen LogP contribution in [0.15, 0.2) is 63.5 Å². The molecule has 8 nitrogen and oxygen atoms in total. The second-order valence-electron chi connectivity index (χ2n) is 8.46. The van der Waals surface area contributed by atoms with Crippen molar-refractivity contribution >= 4 is 23.4 Å². The Morgan fingerprint density at radius 2 is 1.84 bits per heavy atom. The molecule has 0 amide bonds. The summed E-state index contributed by atoms with van der Waals surface area (Å²) in [5.41, 5.74) is 2.12. The fourth-order valence-electron chi connectivity index (χ4n) is 4.17. The number of carbonyl (C=O) groups excluding carboxylic acids is 1. The number of allylic oxidation sites excluding steroid dienone is 1. The molecule has 4 rings (SSSR count). The van der Waals surface area contributed by atoms with E-state index in [1.54, 1.807) is 43.9 Å². The third-order valence-corrected chi connectivity index (χ3v) is 7.08. The maximum atomic E-state index is 13.7. The third kappa shape index (κ3) is 5.32. The van der Waals surface area contributed by atoms with Crippen molar-refractivity contribution in [2.45, 2.75) is 32.7 Å². The van der Waals surface area contributed by atoms with E-state index in [1.807, 2.05) is 30.3 Å². The summed E-state index contributed by atoms with van der Waals surface area (Å²) in [5, 5.41) is 0. The first-order valence-corrected chi connectivity index (χ1v) is 12.8. The molecule has 1 aliphatic heterocycles. The maximum Gasteiger partial charge on any atom is 0.338 e. The highest BCUT2D eigenvalue weighted by Crippen LogP contribution is 2.32. The van der Waals surface area contributed by atoms with Gasteiger partial charge in [-0.1, -0.05) is 42.9 Å². The molecule has 0 saturated heterocycles. The van der Waals surface area contributed by atoms with Crippen LogP contribution in [0, 0.1) is 0 Å². The van der Waals surface area contributed by atoms with Crippen molar-refractivity contribution in [3.05, 3.63) is 84.5 Å². The van der Waals surface area contributed by atoms with E-state index in [1.165, 1.54) is 18.4 Å². The summed E-state index contributed by atoms with van der Waals surface area (Å²) in [7, 11) is 4.49. The first kappa shape index (κ1) is 26.2. The molecule has 0 spiro atoms. The number of rotatable bonds is 9. The van der Waals surface area contributed by atoms with Crippen molar-refractivity contribution in [1.82, 2.24) is 4.57 Å². The van der Waals surface area contributed by atoms with Gasteiger partial charge in [-0.3, -0.25) is 9.36 Å². The SMILES string of the molecule is CCCCOc1ccc(/C=c2/sc3n(c2=O)C(c2ccc(OC)cc2)C(C(=O)OC)=C(C)N=3)cc1OC. The zero-order valence-corrected chi connectivity index (χ0v) is 22.4. The van der Waals surface area contributed by atoms with Gasteiger partial charge in [-0.2, -0.15) is 0 Å². The van der Waals surface area contributed by atoms with E-state index < -0.39 is 12.0 Å². The average molecular weight is 523 g/mol. The van der Waals surface area contributed by atoms with E-state index in [9.17, 15) is 9.59 Å². The lowest BCUT2D eigenvalue weighted by atomic mass is 9.96. The number of carbonyl (C=O) groups is 1. The quantitative estimate of drug-likeness (QED) is 0.315. The molecule has 0 N–H and O–H groups in total. The minimum atomic E-state index is -0.680. The molecular formula is C28H30N2O6S. The van der Waals surface area contributed by atoms with Crippen LogP contribution in [0.4, 0.5) is 0 Å². The lowest BCUT2D eigenvalue weighted by molar-refractivity contribution is -0.136. The monoisotopic (exact) mass is 522 g/mol. The Bertz CT molecular complexity index is 1500. The number of thiazole rings is 1. The van der Waals surface area contributed by atoms with Crippen LogP contribution in [0.25, 0.3) is 6.08 Å². The Kier molecular flexibility index (Phi) is 8.13. The number of ether oxygens (including phenoxy) is 4. The summed E-state index contributed by atoms with van der Waals surface area (Å²) < 4.78 is 23.7. The van der Waals surface area contributed by atoms with Crippen LogP contribution in [0.2, 0.25) is 0 Å². The molecule has 1 unspecified atom stereocenters. The first-order valence-electron chi connectivity index (χ1n) is 12.0. The highest BCUT2D eigenvalue weighted by molar-refractivity contribution is 7.07. The van der Waals surface area contributed by atoms with E-state index >= 15 is 0 Å². The van der Waals surface area contributed by atoms with Gasteiger partial charge >= 0.3 is 5.97 Å². The topological polar surface area (TPSA) is 88.4 Å². The van der Waals surface area contributed by atoms with Gasteiger partial charge in [0, 0.05) is 0 Å². The molecular weight excluding hydrogens is 492 g/mol. The third-order valence-electron chi connectivity index (χ3n) is 6.10. The molecule has 1 atom stereocenters. The van der Waals surface area contributed by atoms with E-state index in [2.05, 4.69) is 11.9 Å². The fraction of sp³-hybridized carbons (Fsp3) is 0.321. The van der Waals surface area contributed by atoms with Gasteiger partial charge in [-0.25, -0.2) is 9.79 Å². The molecule has 1 aromatic heterocycles. The van der Waals surface area contributed by atoms with Crippen molar-refractivity contribution < 1.29 is 23.7 Å². The van der Waals surface area contributed by atoms with Gasteiger partial charge in [0.05, 0.1) is 49.8 Å². The molecule has 0 fully saturated rings. The summed E-state index contributed by atoms with van der Waals surface area (Å²) in [6.07, 6.45) is 3.79. The Balaban J connectivity index is 1.83. The van der Waals surface area contributed by atoms with Gasteiger partial charge in [0.15, 0.2) is 16.3 Å². The van der Waals surface area contributed by atoms with Crippen LogP contribution < -0.4 is 29.1 Å². The largest absolute Gasteiger partial charge is 0.497 e. The summed E-state index contributed by atoms with van der Waals surface area (Å²) in [6.45, 7) is 4.47. The Morgan fingerprint density at radius 3 is 2.49 bits per heavy atom. The number of hydrogen-bond donors (Lipinski definition) is 0. The molecule has 37 heavy (non-hydrogen) atoms. The normalized spacial score (nSPS) is 15.2. The minimum Gasteiger partial charge on any atom is -0.497 e. The smallest absolute Gasteiger partial charge is 0.338 e. The number of nitrogens with zero attached hydrogens (tertiary/aromatic N) is 2. The van der Waals surface area contributed by atoms with E-state index in [-0.39, 0.29) is 5.56 Å². The summed E-state index contributed by atoms with van der Waals surface area (Å²) in [4.78, 5) is 31.6. The van der Waals surface area contributed by atoms with Crippen LogP contribution in [0.1, 0.15) is 43.9 Å². The standard InChI is InChI=1S/C28H30N2O6S/c1-6-7-14-36-21-13-8-18(15-22(21)34-4)16-23-26(31)30-25(19-9-11-20(33-3)12-10-19)24(27(32)35-5)17(2)29-28(30)37-23/h8-13,15-16,25H,6-7,14H2,1-5H3/b23-16+. The van der Waals surface area contributed by atoms with Crippen molar-refractivity contribution in [3.63, 3.8) is 0 Å². The van der Waals surface area contributed by atoms with Gasteiger partial charge < -0.3 is 18.9 Å². The fourth-order valence-corrected chi connectivity index (χ4v) is 5.21. The Labute approximate surface area is 219 Å². The number of esters is 1. The van der Waals surface area contributed by atoms with Crippen LogP contribution in [0.3, 0.4) is 0 Å². The molecule has 2 aromatic carbocycles. The molecule has 0 saturated carbocycles. The van der Waals surface area contributed by atoms with Gasteiger partial charge in [-0.05, 0) is 54.8 Å². The van der Waals surface area contributed by atoms with Gasteiger partial charge in [0.25, 0.3) is 5.56 Å². The zero-order valence-electron chi connectivity index (χ0n) is 21.6. The molecule has 1 aliphatic rings. The van der Waals surface area contributed by atoms with Crippen LogP contribution >= 0.6 is 11.3 Å². The van der Waals surface area contributed by atoms with Crippen molar-refractivity contribution in [2.24, 2.45) is 4.99 Å². The Morgan fingerprint density at radius 1 is 1.08 bits per heavy atom. The van der Waals surface area contributed by atoms with E-state index in [0.29, 0.717) is 44.5 Å². The molecule has 0 aliphatic carbocycles. The lowest BCUT2D eigenvalue weighted by Gasteiger charge is -2.24. The van der Waals surface area contributed by atoms with E-state index in [0.717, 1.165) is 24.0 Å². The molecule has 0 bridgehead atoms. The number of fused-ring (bicyclic) bond motifs is 1. The van der Waals surface area contributed by atoms with E-state index in [4.69, 9.17) is 18.9 Å². The molecule has 0 radical (unpaired) electrons. The highest BCUT2D eigenvalue weighted by atomic mass is 32.1. The number of unbranched alkanes of at least 4 members (excludes halogenated alkanes) is 1. The number of aromatic nitrogens is 1. The number of methoxy groups -OCH3 is 3. The zero-order chi connectivity index (χ0) is 26.5. The number of hydrogen-bond acceptors (Lipinski definition) is 8. The minimum absolute atomic E-state index is 0.249. The summed E-state index contributed by atoms with van der Waals surface area (Å²) >= 11 is 1.27. The van der Waals surface area contributed by atoms with Crippen molar-refractivity contribution in [3.8, 4) is 17.2 Å². The maximum absolute atomic E-state index is 13.7. The Hall–Kier alpha value is -3.85. The molecule has 2 heterocycles. The molecule has 194 valence electrons. The molecule has 9 heteroatoms. The van der Waals surface area contributed by atoms with Crippen LogP contribution in [0.5, 0.6) is 17.2 Å². The van der Waals surface area contributed by atoms with Crippen molar-refractivity contribution in [2.75, 3.05) is 27.9 Å². The average Bonchev–Trinajstić information content (AvgIpc) is 3.22. The predicted molar refractivity (Wildman–Crippen MR) is 142 cm³/mol. The first-order chi connectivity index (χ1) is 17.9. The summed E-state index contributed by atoms with van der Waals surface area (Å²) in [6, 6.07) is 12.2. The van der Waals surface area contributed by atoms with Gasteiger partial charge in [0.2, 0.25) is 0 Å². The van der Waals surface area contributed by atoms with Gasteiger partial charge in [0.1, 0.15) is 5.75 Å². The highest BCUT2D eigenvalue weighted by Gasteiger charge is 2.33. The second-order valence-corrected chi connectivity index (χ2v) is 9.47. The molecule has 3 aromatic rings. The van der Waals surface area contributed by atoms with Crippen LogP contribution in [-0.2, 0) is 9.53 Å². The van der Waals surface area contributed by atoms with Crippen molar-refractivity contribution in [1.29, 1.82) is 0 Å². The lowest BCUT2D eigenvalue weighted by Crippen LogP contribution is -2.39.